The minimum atomic E-state index is -1.97. The van der Waals surface area contributed by atoms with E-state index in [0.29, 0.717) is 13.2 Å². The van der Waals surface area contributed by atoms with E-state index in [0.717, 1.165) is 37.0 Å². The van der Waals surface area contributed by atoms with Gasteiger partial charge in [0.25, 0.3) is 0 Å². The highest BCUT2D eigenvalue weighted by Gasteiger charge is 2.41. The van der Waals surface area contributed by atoms with E-state index in [2.05, 4.69) is 46.7 Å². The fourth-order valence-corrected chi connectivity index (χ4v) is 4.84. The first-order valence-corrected chi connectivity index (χ1v) is 14.9. The molecule has 5 nitrogen and oxygen atoms in total. The first-order chi connectivity index (χ1) is 15.6. The molecule has 0 aromatic heterocycles. The van der Waals surface area contributed by atoms with Crippen LogP contribution in [0.15, 0.2) is 24.3 Å². The van der Waals surface area contributed by atoms with Crippen LogP contribution in [0.3, 0.4) is 0 Å². The normalized spacial score (nSPS) is 15.0. The van der Waals surface area contributed by atoms with Crippen molar-refractivity contribution in [2.24, 2.45) is 5.92 Å². The molecule has 0 saturated heterocycles. The lowest BCUT2D eigenvalue weighted by Gasteiger charge is -2.42. The van der Waals surface area contributed by atoms with E-state index in [4.69, 9.17) is 29.8 Å². The third kappa shape index (κ3) is 10.6. The summed E-state index contributed by atoms with van der Waals surface area (Å²) < 4.78 is 29.4. The molecule has 0 bridgehead atoms. The Hall–Kier alpha value is -1.36. The van der Waals surface area contributed by atoms with Crippen LogP contribution in [-0.4, -0.2) is 48.1 Å². The minimum Gasteiger partial charge on any atom is -0.497 e. The maximum absolute atomic E-state index is 6.90. The summed E-state index contributed by atoms with van der Waals surface area (Å²) in [5.74, 6) is 3.77. The van der Waals surface area contributed by atoms with E-state index in [9.17, 15) is 0 Å². The van der Waals surface area contributed by atoms with Crippen LogP contribution in [-0.2, 0) is 25.2 Å². The zero-order chi connectivity index (χ0) is 24.9. The lowest BCUT2D eigenvalue weighted by molar-refractivity contribution is -0.110. The van der Waals surface area contributed by atoms with Crippen molar-refractivity contribution in [3.8, 4) is 18.1 Å². The Balaban J connectivity index is 2.85. The van der Waals surface area contributed by atoms with E-state index in [1.807, 2.05) is 24.3 Å². The van der Waals surface area contributed by atoms with Gasteiger partial charge in [0.15, 0.2) is 8.32 Å². The van der Waals surface area contributed by atoms with Crippen molar-refractivity contribution >= 4 is 8.32 Å². The topological polar surface area (TPSA) is 46.2 Å². The molecular weight excluding hydrogens is 432 g/mol. The van der Waals surface area contributed by atoms with Gasteiger partial charge in [-0.2, -0.15) is 0 Å². The molecule has 0 amide bonds. The molecule has 0 fully saturated rings. The van der Waals surface area contributed by atoms with Gasteiger partial charge in [0.1, 0.15) is 12.5 Å². The summed E-state index contributed by atoms with van der Waals surface area (Å²) >= 11 is 0. The molecule has 0 radical (unpaired) electrons. The van der Waals surface area contributed by atoms with Gasteiger partial charge in [-0.3, -0.25) is 0 Å². The van der Waals surface area contributed by atoms with Crippen LogP contribution in [0.2, 0.25) is 18.1 Å². The summed E-state index contributed by atoms with van der Waals surface area (Å²) in [6, 6.07) is 7.98. The summed E-state index contributed by atoms with van der Waals surface area (Å²) in [6.07, 6.45) is 8.90. The first-order valence-electron chi connectivity index (χ1n) is 12.0. The summed E-state index contributed by atoms with van der Waals surface area (Å²) in [5.41, 5.74) is 1.13. The van der Waals surface area contributed by atoms with Crippen molar-refractivity contribution in [3.05, 3.63) is 29.8 Å². The van der Waals surface area contributed by atoms with Gasteiger partial charge in [-0.1, -0.05) is 39.8 Å². The molecule has 0 aliphatic rings. The molecule has 0 saturated carbocycles. The summed E-state index contributed by atoms with van der Waals surface area (Å²) in [6.45, 7) is 15.1. The van der Waals surface area contributed by atoms with Crippen molar-refractivity contribution in [2.45, 2.75) is 90.3 Å². The number of methoxy groups -OCH3 is 2. The molecule has 0 spiro atoms. The number of ether oxygens (including phenoxy) is 4. The summed E-state index contributed by atoms with van der Waals surface area (Å²) in [4.78, 5) is 0. The lowest BCUT2D eigenvalue weighted by Crippen LogP contribution is -2.47. The van der Waals surface area contributed by atoms with Crippen LogP contribution in [0, 0.1) is 18.3 Å². The summed E-state index contributed by atoms with van der Waals surface area (Å²) in [7, 11) is 1.36. The Morgan fingerprint density at radius 2 is 1.70 bits per heavy atom. The third-order valence-electron chi connectivity index (χ3n) is 6.61. The molecule has 1 rings (SSSR count). The van der Waals surface area contributed by atoms with E-state index in [1.165, 1.54) is 0 Å². The highest BCUT2D eigenvalue weighted by Crippen LogP contribution is 2.39. The average Bonchev–Trinajstić information content (AvgIpc) is 2.77. The molecule has 33 heavy (non-hydrogen) atoms. The van der Waals surface area contributed by atoms with Crippen molar-refractivity contribution in [1.29, 1.82) is 0 Å². The maximum Gasteiger partial charge on any atom is 0.192 e. The molecule has 0 aliphatic heterocycles. The zero-order valence-electron chi connectivity index (χ0n) is 22.1. The predicted molar refractivity (Wildman–Crippen MR) is 138 cm³/mol. The highest BCUT2D eigenvalue weighted by atomic mass is 28.4. The Kier molecular flexibility index (Phi) is 13.3. The van der Waals surface area contributed by atoms with Gasteiger partial charge in [-0.25, -0.2) is 0 Å². The summed E-state index contributed by atoms with van der Waals surface area (Å²) in [5, 5.41) is 0.126. The SMILES string of the molecule is C#CCCC[C@@H](OCOC)[C@@H](C)[C@H](CCOCc1ccc(OC)cc1)O[Si](C)(C)C(C)(C)C. The Labute approximate surface area is 203 Å². The van der Waals surface area contributed by atoms with Gasteiger partial charge in [0.2, 0.25) is 0 Å². The standard InChI is InChI=1S/C27H46O5Si/c1-10-11-12-13-25(31-21-28-6)22(2)26(32-33(8,9)27(3,4)5)18-19-30-20-23-14-16-24(29-7)17-15-23/h1,14-17,22,25-26H,11-13,18-21H2,2-9H3/t22-,25-,26+/m1/s1. The molecule has 0 heterocycles. The number of unbranched alkanes of at least 4 members (excludes halogenated alkanes) is 1. The van der Waals surface area contributed by atoms with Crippen molar-refractivity contribution in [3.63, 3.8) is 0 Å². The van der Waals surface area contributed by atoms with E-state index in [1.54, 1.807) is 14.2 Å². The number of terminal acetylenes is 1. The predicted octanol–water partition coefficient (Wildman–Crippen LogP) is 6.42. The monoisotopic (exact) mass is 478 g/mol. The Morgan fingerprint density at radius 1 is 1.03 bits per heavy atom. The Bertz CT molecular complexity index is 690. The Morgan fingerprint density at radius 3 is 2.24 bits per heavy atom. The quantitative estimate of drug-likeness (QED) is 0.119. The molecule has 0 N–H and O–H groups in total. The fourth-order valence-electron chi connectivity index (χ4n) is 3.39. The second-order valence-corrected chi connectivity index (χ2v) is 14.9. The molecule has 3 atom stereocenters. The van der Waals surface area contributed by atoms with Gasteiger partial charge in [0, 0.05) is 26.1 Å². The van der Waals surface area contributed by atoms with Crippen LogP contribution in [0.4, 0.5) is 0 Å². The molecule has 6 heteroatoms. The van der Waals surface area contributed by atoms with Crippen molar-refractivity contribution in [1.82, 2.24) is 0 Å². The van der Waals surface area contributed by atoms with Gasteiger partial charge in [-0.05, 0) is 55.1 Å². The van der Waals surface area contributed by atoms with Crippen LogP contribution in [0.25, 0.3) is 0 Å². The molecule has 188 valence electrons. The van der Waals surface area contributed by atoms with Gasteiger partial charge in [0.05, 0.1) is 25.9 Å². The van der Waals surface area contributed by atoms with Crippen LogP contribution >= 0.6 is 0 Å². The van der Waals surface area contributed by atoms with Crippen LogP contribution in [0.5, 0.6) is 5.75 Å². The molecule has 1 aromatic carbocycles. The minimum absolute atomic E-state index is 0.0228. The number of benzene rings is 1. The average molecular weight is 479 g/mol. The van der Waals surface area contributed by atoms with Crippen LogP contribution in [0.1, 0.15) is 58.9 Å². The van der Waals surface area contributed by atoms with Crippen molar-refractivity contribution in [2.75, 3.05) is 27.6 Å². The van der Waals surface area contributed by atoms with E-state index >= 15 is 0 Å². The molecule has 0 aliphatic carbocycles. The largest absolute Gasteiger partial charge is 0.497 e. The zero-order valence-corrected chi connectivity index (χ0v) is 23.1. The third-order valence-corrected chi connectivity index (χ3v) is 11.1. The van der Waals surface area contributed by atoms with Gasteiger partial charge in [-0.15, -0.1) is 12.3 Å². The van der Waals surface area contributed by atoms with Gasteiger partial charge < -0.3 is 23.4 Å². The van der Waals surface area contributed by atoms with E-state index < -0.39 is 8.32 Å². The fraction of sp³-hybridized carbons (Fsp3) is 0.704. The molecule has 0 unspecified atom stereocenters. The van der Waals surface area contributed by atoms with Gasteiger partial charge >= 0.3 is 0 Å². The van der Waals surface area contributed by atoms with E-state index in [-0.39, 0.29) is 30.0 Å². The molecule has 1 aromatic rings. The lowest BCUT2D eigenvalue weighted by atomic mass is 9.92. The maximum atomic E-state index is 6.90. The van der Waals surface area contributed by atoms with Crippen molar-refractivity contribution < 1.29 is 23.4 Å². The second-order valence-electron chi connectivity index (χ2n) is 10.2. The number of rotatable bonds is 16. The smallest absolute Gasteiger partial charge is 0.192 e. The number of hydrogen-bond donors (Lipinski definition) is 0. The van der Waals surface area contributed by atoms with Crippen LogP contribution < -0.4 is 4.74 Å². The molecular formula is C27H46O5Si. The number of hydrogen-bond acceptors (Lipinski definition) is 5. The first kappa shape index (κ1) is 29.7. The second kappa shape index (κ2) is 14.8. The highest BCUT2D eigenvalue weighted by molar-refractivity contribution is 6.74.